The fraction of sp³-hybridized carbons (Fsp3) is 0.286. The predicted octanol–water partition coefficient (Wildman–Crippen LogP) is 5.08. The van der Waals surface area contributed by atoms with E-state index in [0.29, 0.717) is 27.4 Å². The predicted molar refractivity (Wildman–Crippen MR) is 79.9 cm³/mol. The third-order valence-corrected chi connectivity index (χ3v) is 3.52. The van der Waals surface area contributed by atoms with Crippen molar-refractivity contribution in [2.75, 3.05) is 0 Å². The van der Waals surface area contributed by atoms with E-state index in [0.717, 1.165) is 6.42 Å². The molecule has 0 atom stereocenters. The quantitative estimate of drug-likeness (QED) is 0.714. The van der Waals surface area contributed by atoms with Crippen LogP contribution in [0.4, 0.5) is 4.39 Å². The monoisotopic (exact) mass is 358 g/mol. The van der Waals surface area contributed by atoms with Crippen molar-refractivity contribution in [3.05, 3.63) is 45.0 Å². The van der Waals surface area contributed by atoms with Crippen molar-refractivity contribution in [1.82, 2.24) is 9.97 Å². The van der Waals surface area contributed by atoms with Crippen LogP contribution in [-0.4, -0.2) is 9.97 Å². The highest BCUT2D eigenvalue weighted by molar-refractivity contribution is 9.10. The zero-order valence-corrected chi connectivity index (χ0v) is 13.4. The van der Waals surface area contributed by atoms with E-state index >= 15 is 0 Å². The molecule has 0 fully saturated rings. The Kier molecular flexibility index (Phi) is 4.94. The maximum atomic E-state index is 13.8. The molecule has 106 valence electrons. The number of aryl methyl sites for hydroxylation is 1. The molecule has 0 aliphatic rings. The first kappa shape index (κ1) is 15.2. The fourth-order valence-corrected chi connectivity index (χ4v) is 2.12. The summed E-state index contributed by atoms with van der Waals surface area (Å²) in [6, 6.07) is 4.57. The Hall–Kier alpha value is -1.20. The molecule has 0 radical (unpaired) electrons. The normalized spacial score (nSPS) is 10.7. The van der Waals surface area contributed by atoms with Gasteiger partial charge in [0.25, 0.3) is 0 Å². The molecule has 20 heavy (non-hydrogen) atoms. The van der Waals surface area contributed by atoms with E-state index in [2.05, 4.69) is 25.9 Å². The fourth-order valence-electron chi connectivity index (χ4n) is 1.61. The van der Waals surface area contributed by atoms with Crippen LogP contribution in [0.1, 0.15) is 24.7 Å². The molecule has 0 aliphatic heterocycles. The number of nitrogens with zero attached hydrogens (tertiary/aromatic N) is 2. The van der Waals surface area contributed by atoms with Gasteiger partial charge in [0.2, 0.25) is 5.88 Å². The van der Waals surface area contributed by atoms with Gasteiger partial charge < -0.3 is 4.74 Å². The summed E-state index contributed by atoms with van der Waals surface area (Å²) in [5.74, 6) is 0.518. The second kappa shape index (κ2) is 6.50. The molecule has 0 bridgehead atoms. The average molecular weight is 360 g/mol. The minimum Gasteiger partial charge on any atom is -0.435 e. The van der Waals surface area contributed by atoms with Crippen LogP contribution in [0, 0.1) is 12.7 Å². The van der Waals surface area contributed by atoms with E-state index in [1.807, 2.05) is 6.92 Å². The van der Waals surface area contributed by atoms with E-state index in [1.54, 1.807) is 13.0 Å². The molecule has 2 aromatic rings. The topological polar surface area (TPSA) is 35.0 Å². The smallest absolute Gasteiger partial charge is 0.227 e. The van der Waals surface area contributed by atoms with Gasteiger partial charge >= 0.3 is 0 Å². The largest absolute Gasteiger partial charge is 0.435 e. The number of halogens is 3. The first-order valence-electron chi connectivity index (χ1n) is 6.17. The first-order chi connectivity index (χ1) is 9.51. The van der Waals surface area contributed by atoms with Crippen molar-refractivity contribution < 1.29 is 9.13 Å². The highest BCUT2D eigenvalue weighted by Gasteiger charge is 2.13. The molecule has 6 heteroatoms. The molecule has 2 rings (SSSR count). The van der Waals surface area contributed by atoms with E-state index in [-0.39, 0.29) is 11.6 Å². The van der Waals surface area contributed by atoms with Crippen molar-refractivity contribution in [3.8, 4) is 11.6 Å². The molecule has 0 saturated carbocycles. The summed E-state index contributed by atoms with van der Waals surface area (Å²) in [5.41, 5.74) is 0.592. The molecular weight excluding hydrogens is 347 g/mol. The van der Waals surface area contributed by atoms with Crippen LogP contribution in [0.15, 0.2) is 22.7 Å². The van der Waals surface area contributed by atoms with Gasteiger partial charge in [-0.15, -0.1) is 0 Å². The first-order valence-corrected chi connectivity index (χ1v) is 7.34. The van der Waals surface area contributed by atoms with Crippen molar-refractivity contribution in [3.63, 3.8) is 0 Å². The standard InChI is InChI=1S/C14H13BrClFN2O/c1-3-4-12-18-13(16)8(2)14(19-12)20-11-6-5-9(15)7-10(11)17/h5-7H,3-4H2,1-2H3. The summed E-state index contributed by atoms with van der Waals surface area (Å²) in [6.45, 7) is 3.76. The Labute approximate surface area is 130 Å². The molecule has 0 saturated heterocycles. The molecule has 0 unspecified atom stereocenters. The molecular formula is C14H13BrClFN2O. The number of aromatic nitrogens is 2. The number of ether oxygens (including phenoxy) is 1. The van der Waals surface area contributed by atoms with Gasteiger partial charge in [-0.05, 0) is 31.5 Å². The van der Waals surface area contributed by atoms with E-state index < -0.39 is 5.82 Å². The van der Waals surface area contributed by atoms with Gasteiger partial charge in [-0.25, -0.2) is 9.37 Å². The molecule has 1 aromatic heterocycles. The Morgan fingerprint density at radius 2 is 2.10 bits per heavy atom. The third kappa shape index (κ3) is 3.46. The number of rotatable bonds is 4. The van der Waals surface area contributed by atoms with E-state index in [4.69, 9.17) is 16.3 Å². The molecule has 1 aromatic carbocycles. The summed E-state index contributed by atoms with van der Waals surface area (Å²) in [6.07, 6.45) is 1.59. The van der Waals surface area contributed by atoms with Crippen LogP contribution in [0.3, 0.4) is 0 Å². The minimum absolute atomic E-state index is 0.105. The molecule has 3 nitrogen and oxygen atoms in total. The number of hydrogen-bond donors (Lipinski definition) is 0. The average Bonchev–Trinajstić information content (AvgIpc) is 2.39. The molecule has 0 amide bonds. The van der Waals surface area contributed by atoms with Gasteiger partial charge in [0.1, 0.15) is 11.0 Å². The van der Waals surface area contributed by atoms with Crippen LogP contribution in [0.25, 0.3) is 0 Å². The summed E-state index contributed by atoms with van der Waals surface area (Å²) in [4.78, 5) is 8.46. The second-order valence-corrected chi connectivity index (χ2v) is 5.56. The molecule has 0 aliphatic carbocycles. The maximum Gasteiger partial charge on any atom is 0.227 e. The summed E-state index contributed by atoms with van der Waals surface area (Å²) < 4.78 is 20.0. The molecule has 0 N–H and O–H groups in total. The third-order valence-electron chi connectivity index (χ3n) is 2.66. The summed E-state index contributed by atoms with van der Waals surface area (Å²) in [5, 5.41) is 0.330. The van der Waals surface area contributed by atoms with Crippen molar-refractivity contribution in [2.45, 2.75) is 26.7 Å². The zero-order chi connectivity index (χ0) is 14.7. The highest BCUT2D eigenvalue weighted by Crippen LogP contribution is 2.30. The Morgan fingerprint density at radius 1 is 1.35 bits per heavy atom. The Balaban J connectivity index is 2.37. The zero-order valence-electron chi connectivity index (χ0n) is 11.1. The second-order valence-electron chi connectivity index (χ2n) is 4.29. The Bertz CT molecular complexity index is 637. The van der Waals surface area contributed by atoms with Gasteiger partial charge in [-0.2, -0.15) is 4.98 Å². The number of benzene rings is 1. The van der Waals surface area contributed by atoms with Gasteiger partial charge in [0.15, 0.2) is 11.6 Å². The summed E-state index contributed by atoms with van der Waals surface area (Å²) in [7, 11) is 0. The number of hydrogen-bond acceptors (Lipinski definition) is 3. The van der Waals surface area contributed by atoms with Gasteiger partial charge in [0.05, 0.1) is 0 Å². The molecule has 1 heterocycles. The SMILES string of the molecule is CCCc1nc(Cl)c(C)c(Oc2ccc(Br)cc2F)n1. The van der Waals surface area contributed by atoms with E-state index in [1.165, 1.54) is 12.1 Å². The van der Waals surface area contributed by atoms with Crippen molar-refractivity contribution >= 4 is 27.5 Å². The van der Waals surface area contributed by atoms with Crippen LogP contribution >= 0.6 is 27.5 Å². The minimum atomic E-state index is -0.467. The highest BCUT2D eigenvalue weighted by atomic mass is 79.9. The summed E-state index contributed by atoms with van der Waals surface area (Å²) >= 11 is 9.25. The van der Waals surface area contributed by atoms with Gasteiger partial charge in [-0.3, -0.25) is 0 Å². The van der Waals surface area contributed by atoms with Crippen LogP contribution in [0.2, 0.25) is 5.15 Å². The van der Waals surface area contributed by atoms with Crippen LogP contribution in [0.5, 0.6) is 11.6 Å². The lowest BCUT2D eigenvalue weighted by Crippen LogP contribution is -2.01. The van der Waals surface area contributed by atoms with Crippen molar-refractivity contribution in [1.29, 1.82) is 0 Å². The van der Waals surface area contributed by atoms with E-state index in [9.17, 15) is 4.39 Å². The van der Waals surface area contributed by atoms with Crippen LogP contribution in [-0.2, 0) is 6.42 Å². The molecule has 0 spiro atoms. The lowest BCUT2D eigenvalue weighted by atomic mass is 10.3. The van der Waals surface area contributed by atoms with Gasteiger partial charge in [-0.1, -0.05) is 34.5 Å². The lowest BCUT2D eigenvalue weighted by Gasteiger charge is -2.11. The van der Waals surface area contributed by atoms with Gasteiger partial charge in [0, 0.05) is 16.5 Å². The van der Waals surface area contributed by atoms with Crippen molar-refractivity contribution in [2.24, 2.45) is 0 Å². The van der Waals surface area contributed by atoms with Crippen LogP contribution < -0.4 is 4.74 Å². The maximum absolute atomic E-state index is 13.8. The lowest BCUT2D eigenvalue weighted by molar-refractivity contribution is 0.421. The Morgan fingerprint density at radius 3 is 2.75 bits per heavy atom.